The van der Waals surface area contributed by atoms with Crippen LogP contribution in [0, 0.1) is 0 Å². The molecule has 1 aromatic rings. The van der Waals surface area contributed by atoms with Crippen LogP contribution in [0.25, 0.3) is 0 Å². The summed E-state index contributed by atoms with van der Waals surface area (Å²) in [6, 6.07) is 0. The zero-order valence-electron chi connectivity index (χ0n) is 3.87. The number of aromatic carboxylic acids is 1. The molecule has 0 saturated carbocycles. The van der Waals surface area contributed by atoms with Crippen molar-refractivity contribution in [1.29, 1.82) is 0 Å². The van der Waals surface area contributed by atoms with Crippen molar-refractivity contribution in [2.45, 2.75) is 0 Å². The van der Waals surface area contributed by atoms with Gasteiger partial charge in [0.15, 0.2) is 5.69 Å². The topological polar surface area (TPSA) is 50.2 Å². The molecule has 44 valence electrons. The molecule has 0 atom stereocenters. The van der Waals surface area contributed by atoms with Crippen LogP contribution in [0.1, 0.15) is 10.5 Å². The van der Waals surface area contributed by atoms with E-state index in [0.29, 0.717) is 0 Å². The van der Waals surface area contributed by atoms with Crippen molar-refractivity contribution in [1.82, 2.24) is 4.98 Å². The molecule has 0 saturated heterocycles. The number of carbonyl (C=O) groups is 1. The third-order valence-electron chi connectivity index (χ3n) is 0.651. The molecule has 0 aliphatic rings. The van der Waals surface area contributed by atoms with Crippen molar-refractivity contribution in [2.75, 3.05) is 0 Å². The van der Waals surface area contributed by atoms with E-state index >= 15 is 0 Å². The monoisotopic (exact) mass is 153 g/mol. The Morgan fingerprint density at radius 2 is 2.44 bits per heavy atom. The standard InChI is InChI=1S/C4H3NO2S.Na.H/c6-4(7)3-1-8-2-5-3;;/h1-2H,(H,6,7);;. The molecular formula is C4H4NNaO2S. The molecule has 0 bridgehead atoms. The predicted octanol–water partition coefficient (Wildman–Crippen LogP) is 0.193. The Kier molecular flexibility index (Phi) is 4.05. The van der Waals surface area contributed by atoms with E-state index in [4.69, 9.17) is 5.11 Å². The molecule has 1 N–H and O–H groups in total. The maximum absolute atomic E-state index is 10.0. The van der Waals surface area contributed by atoms with E-state index in [1.807, 2.05) is 0 Å². The molecule has 1 rings (SSSR count). The predicted molar refractivity (Wildman–Crippen MR) is 36.2 cm³/mol. The van der Waals surface area contributed by atoms with E-state index in [-0.39, 0.29) is 35.3 Å². The summed E-state index contributed by atoms with van der Waals surface area (Å²) in [6.07, 6.45) is 0. The molecule has 9 heavy (non-hydrogen) atoms. The molecule has 1 heterocycles. The summed E-state index contributed by atoms with van der Waals surface area (Å²) in [6.45, 7) is 0. The Labute approximate surface area is 78.0 Å². The van der Waals surface area contributed by atoms with Gasteiger partial charge in [0.2, 0.25) is 0 Å². The van der Waals surface area contributed by atoms with Crippen LogP contribution in [0.2, 0.25) is 0 Å². The Morgan fingerprint density at radius 3 is 2.67 bits per heavy atom. The average Bonchev–Trinajstić information content (AvgIpc) is 2.12. The van der Waals surface area contributed by atoms with E-state index in [9.17, 15) is 4.79 Å². The van der Waals surface area contributed by atoms with E-state index in [2.05, 4.69) is 4.98 Å². The molecule has 0 aliphatic heterocycles. The van der Waals surface area contributed by atoms with Gasteiger partial charge in [0, 0.05) is 5.38 Å². The number of aromatic nitrogens is 1. The number of carboxylic acids is 1. The second-order valence-electron chi connectivity index (χ2n) is 1.18. The first-order valence-corrected chi connectivity index (χ1v) is 2.86. The minimum absolute atomic E-state index is 0. The SMILES string of the molecule is O=C(O)c1cscn1.[NaH]. The molecule has 3 nitrogen and oxygen atoms in total. The summed E-state index contributed by atoms with van der Waals surface area (Å²) in [5.74, 6) is -0.966. The van der Waals surface area contributed by atoms with E-state index in [1.54, 1.807) is 0 Å². The van der Waals surface area contributed by atoms with Crippen molar-refractivity contribution >= 4 is 46.9 Å². The molecule has 0 aromatic carbocycles. The third kappa shape index (κ3) is 2.45. The van der Waals surface area contributed by atoms with Crippen LogP contribution in [-0.2, 0) is 0 Å². The molecular weight excluding hydrogens is 149 g/mol. The Bertz CT molecular complexity index is 186. The fourth-order valence-corrected chi connectivity index (χ4v) is 0.844. The number of hydrogen-bond acceptors (Lipinski definition) is 3. The third-order valence-corrected chi connectivity index (χ3v) is 1.24. The first-order valence-electron chi connectivity index (χ1n) is 1.92. The molecule has 0 unspecified atom stereocenters. The van der Waals surface area contributed by atoms with Gasteiger partial charge in [-0.25, -0.2) is 9.78 Å². The van der Waals surface area contributed by atoms with Crippen molar-refractivity contribution in [3.8, 4) is 0 Å². The first kappa shape index (κ1) is 9.10. The molecule has 0 fully saturated rings. The summed E-state index contributed by atoms with van der Waals surface area (Å²) in [7, 11) is 0. The Morgan fingerprint density at radius 1 is 1.78 bits per heavy atom. The van der Waals surface area contributed by atoms with Gasteiger partial charge in [0.05, 0.1) is 5.51 Å². The molecule has 1 aromatic heterocycles. The second kappa shape index (κ2) is 4.00. The van der Waals surface area contributed by atoms with Crippen LogP contribution < -0.4 is 0 Å². The zero-order valence-corrected chi connectivity index (χ0v) is 4.68. The molecule has 0 spiro atoms. The maximum atomic E-state index is 10.0. The average molecular weight is 153 g/mol. The fraction of sp³-hybridized carbons (Fsp3) is 0. The fourth-order valence-electron chi connectivity index (χ4n) is 0.318. The van der Waals surface area contributed by atoms with Gasteiger partial charge in [-0.15, -0.1) is 11.3 Å². The first-order chi connectivity index (χ1) is 3.80. The van der Waals surface area contributed by atoms with E-state index < -0.39 is 5.97 Å². The van der Waals surface area contributed by atoms with Crippen molar-refractivity contribution in [3.63, 3.8) is 0 Å². The summed E-state index contributed by atoms with van der Waals surface area (Å²) in [4.78, 5) is 13.5. The minimum atomic E-state index is -0.966. The van der Waals surface area contributed by atoms with Crippen LogP contribution in [0.15, 0.2) is 10.9 Å². The molecule has 5 heteroatoms. The van der Waals surface area contributed by atoms with Gasteiger partial charge in [0.1, 0.15) is 0 Å². The zero-order chi connectivity index (χ0) is 5.98. The number of carboxylic acid groups (broad SMARTS) is 1. The molecule has 0 radical (unpaired) electrons. The summed E-state index contributed by atoms with van der Waals surface area (Å²) in [5.41, 5.74) is 1.61. The van der Waals surface area contributed by atoms with Gasteiger partial charge >= 0.3 is 35.5 Å². The van der Waals surface area contributed by atoms with Crippen molar-refractivity contribution in [2.24, 2.45) is 0 Å². The van der Waals surface area contributed by atoms with Gasteiger partial charge < -0.3 is 5.11 Å². The number of nitrogens with zero attached hydrogens (tertiary/aromatic N) is 1. The normalized spacial score (nSPS) is 8.00. The van der Waals surface area contributed by atoms with Gasteiger partial charge in [-0.1, -0.05) is 0 Å². The van der Waals surface area contributed by atoms with Gasteiger partial charge in [-0.3, -0.25) is 0 Å². The van der Waals surface area contributed by atoms with Crippen LogP contribution in [0.4, 0.5) is 0 Å². The van der Waals surface area contributed by atoms with Gasteiger partial charge in [-0.05, 0) is 0 Å². The van der Waals surface area contributed by atoms with Crippen LogP contribution in [-0.4, -0.2) is 45.6 Å². The Balaban J connectivity index is 0.000000640. The number of thiazole rings is 1. The van der Waals surface area contributed by atoms with Crippen molar-refractivity contribution < 1.29 is 9.90 Å². The van der Waals surface area contributed by atoms with E-state index in [1.165, 1.54) is 22.2 Å². The molecule has 0 aliphatic carbocycles. The second-order valence-corrected chi connectivity index (χ2v) is 1.90. The van der Waals surface area contributed by atoms with Gasteiger partial charge in [-0.2, -0.15) is 0 Å². The summed E-state index contributed by atoms with van der Waals surface area (Å²) >= 11 is 1.28. The summed E-state index contributed by atoms with van der Waals surface area (Å²) < 4.78 is 0. The van der Waals surface area contributed by atoms with Crippen LogP contribution >= 0.6 is 11.3 Å². The number of rotatable bonds is 1. The molecule has 0 amide bonds. The number of hydrogen-bond donors (Lipinski definition) is 1. The Hall–Kier alpha value is 0.1000. The summed E-state index contributed by atoms with van der Waals surface area (Å²) in [5, 5.41) is 9.71. The van der Waals surface area contributed by atoms with Crippen LogP contribution in [0.3, 0.4) is 0 Å². The van der Waals surface area contributed by atoms with E-state index in [0.717, 1.165) is 0 Å². The quantitative estimate of drug-likeness (QED) is 0.586. The van der Waals surface area contributed by atoms with Gasteiger partial charge in [0.25, 0.3) is 0 Å². The van der Waals surface area contributed by atoms with Crippen molar-refractivity contribution in [3.05, 3.63) is 16.6 Å². The van der Waals surface area contributed by atoms with Crippen LogP contribution in [0.5, 0.6) is 0 Å².